The summed E-state index contributed by atoms with van der Waals surface area (Å²) in [7, 11) is 1.76. The SMILES string of the molecule is CN1C(=O)NNC1CC(S)c1ccc(OCCc2coc(-c3ccccc3)n2)cc1. The minimum absolute atomic E-state index is 0.00163. The molecule has 3 aromatic rings. The normalized spacial score (nSPS) is 17.1. The van der Waals surface area contributed by atoms with Gasteiger partial charge < -0.3 is 14.1 Å². The maximum absolute atomic E-state index is 11.5. The van der Waals surface area contributed by atoms with E-state index >= 15 is 0 Å². The molecule has 4 rings (SSSR count). The van der Waals surface area contributed by atoms with Gasteiger partial charge in [-0.15, -0.1) is 0 Å². The van der Waals surface area contributed by atoms with Crippen LogP contribution in [0.15, 0.2) is 65.3 Å². The average molecular weight is 425 g/mol. The van der Waals surface area contributed by atoms with Gasteiger partial charge in [-0.05, 0) is 36.2 Å². The number of aromatic nitrogens is 1. The second-order valence-corrected chi connectivity index (χ2v) is 7.75. The zero-order valence-electron chi connectivity index (χ0n) is 16.6. The molecule has 0 bridgehead atoms. The third-order valence-electron chi connectivity index (χ3n) is 5.04. The Morgan fingerprint density at radius 3 is 2.67 bits per heavy atom. The highest BCUT2D eigenvalue weighted by Crippen LogP contribution is 2.28. The van der Waals surface area contributed by atoms with E-state index in [1.807, 2.05) is 54.6 Å². The van der Waals surface area contributed by atoms with Crippen molar-refractivity contribution in [3.63, 3.8) is 0 Å². The lowest BCUT2D eigenvalue weighted by Crippen LogP contribution is -2.35. The van der Waals surface area contributed by atoms with Crippen molar-refractivity contribution in [2.75, 3.05) is 13.7 Å². The Kier molecular flexibility index (Phi) is 6.25. The molecule has 1 saturated heterocycles. The van der Waals surface area contributed by atoms with Crippen molar-refractivity contribution >= 4 is 18.7 Å². The number of hydrogen-bond donors (Lipinski definition) is 3. The molecule has 1 aromatic heterocycles. The first-order valence-electron chi connectivity index (χ1n) is 9.79. The van der Waals surface area contributed by atoms with Crippen LogP contribution >= 0.6 is 12.6 Å². The summed E-state index contributed by atoms with van der Waals surface area (Å²) in [6.07, 6.45) is 2.94. The molecule has 30 heavy (non-hydrogen) atoms. The fourth-order valence-corrected chi connectivity index (χ4v) is 3.60. The van der Waals surface area contributed by atoms with Crippen LogP contribution in [0.25, 0.3) is 11.5 Å². The Bertz CT molecular complexity index is 978. The highest BCUT2D eigenvalue weighted by atomic mass is 32.1. The number of urea groups is 1. The molecule has 2 heterocycles. The van der Waals surface area contributed by atoms with Gasteiger partial charge >= 0.3 is 6.03 Å². The maximum atomic E-state index is 11.5. The summed E-state index contributed by atoms with van der Waals surface area (Å²) in [6.45, 7) is 0.509. The van der Waals surface area contributed by atoms with Gasteiger partial charge in [0.05, 0.1) is 12.3 Å². The minimum atomic E-state index is -0.132. The van der Waals surface area contributed by atoms with Gasteiger partial charge in [0, 0.05) is 24.3 Å². The van der Waals surface area contributed by atoms with E-state index in [-0.39, 0.29) is 17.4 Å². The zero-order chi connectivity index (χ0) is 20.9. The number of nitrogens with zero attached hydrogens (tertiary/aromatic N) is 2. The van der Waals surface area contributed by atoms with E-state index in [9.17, 15) is 4.79 Å². The van der Waals surface area contributed by atoms with Gasteiger partial charge in [-0.25, -0.2) is 15.2 Å². The zero-order valence-corrected chi connectivity index (χ0v) is 17.5. The molecule has 0 radical (unpaired) electrons. The number of oxazole rings is 1. The summed E-state index contributed by atoms with van der Waals surface area (Å²) in [4.78, 5) is 17.7. The van der Waals surface area contributed by atoms with E-state index in [2.05, 4.69) is 28.5 Å². The van der Waals surface area contributed by atoms with E-state index in [1.165, 1.54) is 0 Å². The fourth-order valence-electron chi connectivity index (χ4n) is 3.23. The molecule has 0 spiro atoms. The van der Waals surface area contributed by atoms with Crippen molar-refractivity contribution in [2.24, 2.45) is 0 Å². The molecule has 2 aromatic carbocycles. The number of nitrogens with one attached hydrogen (secondary N) is 2. The van der Waals surface area contributed by atoms with Crippen molar-refractivity contribution < 1.29 is 13.9 Å². The van der Waals surface area contributed by atoms with Gasteiger partial charge in [0.15, 0.2) is 0 Å². The van der Waals surface area contributed by atoms with Gasteiger partial charge in [0.25, 0.3) is 0 Å². The van der Waals surface area contributed by atoms with Crippen molar-refractivity contribution in [3.8, 4) is 17.2 Å². The lowest BCUT2D eigenvalue weighted by Gasteiger charge is -2.21. The quantitative estimate of drug-likeness (QED) is 0.479. The summed E-state index contributed by atoms with van der Waals surface area (Å²) in [5, 5.41) is -0.00163. The largest absolute Gasteiger partial charge is 0.493 e. The van der Waals surface area contributed by atoms with Crippen LogP contribution < -0.4 is 15.6 Å². The molecule has 0 saturated carbocycles. The fraction of sp³-hybridized carbons (Fsp3) is 0.273. The van der Waals surface area contributed by atoms with Crippen LogP contribution in [-0.4, -0.2) is 35.7 Å². The summed E-state index contributed by atoms with van der Waals surface area (Å²) in [5.41, 5.74) is 8.46. The minimum Gasteiger partial charge on any atom is -0.493 e. The predicted octanol–water partition coefficient (Wildman–Crippen LogP) is 3.81. The number of carbonyl (C=O) groups excluding carboxylic acids is 1. The predicted molar refractivity (Wildman–Crippen MR) is 117 cm³/mol. The van der Waals surface area contributed by atoms with Crippen LogP contribution in [0, 0.1) is 0 Å². The number of amides is 2. The number of thiol groups is 1. The molecule has 0 aliphatic carbocycles. The van der Waals surface area contributed by atoms with Gasteiger partial charge in [0.2, 0.25) is 5.89 Å². The van der Waals surface area contributed by atoms with Gasteiger partial charge in [-0.2, -0.15) is 12.6 Å². The first-order chi connectivity index (χ1) is 14.6. The van der Waals surface area contributed by atoms with E-state index in [0.29, 0.717) is 25.3 Å². The standard InChI is InChI=1S/C22H24N4O3S/c1-26-20(24-25-22(26)27)13-19(30)15-7-9-18(10-8-15)28-12-11-17-14-29-21(23-17)16-5-3-2-4-6-16/h2-10,14,19-20,24,30H,11-13H2,1H3,(H,25,27). The van der Waals surface area contributed by atoms with Gasteiger partial charge in [-0.1, -0.05) is 30.3 Å². The molecule has 2 N–H and O–H groups in total. The third-order valence-corrected chi connectivity index (χ3v) is 5.55. The molecule has 2 atom stereocenters. The van der Waals surface area contributed by atoms with Gasteiger partial charge in [-0.3, -0.25) is 5.43 Å². The van der Waals surface area contributed by atoms with Crippen LogP contribution in [0.3, 0.4) is 0 Å². The van der Waals surface area contributed by atoms with Crippen LogP contribution in [-0.2, 0) is 6.42 Å². The Labute approximate surface area is 180 Å². The molecule has 1 aliphatic rings. The number of ether oxygens (including phenoxy) is 1. The highest BCUT2D eigenvalue weighted by molar-refractivity contribution is 7.80. The molecule has 156 valence electrons. The molecule has 1 fully saturated rings. The molecular weight excluding hydrogens is 400 g/mol. The summed E-state index contributed by atoms with van der Waals surface area (Å²) in [5.74, 6) is 1.41. The van der Waals surface area contributed by atoms with Crippen molar-refractivity contribution in [3.05, 3.63) is 72.1 Å². The van der Waals surface area contributed by atoms with Crippen molar-refractivity contribution in [2.45, 2.75) is 24.3 Å². The maximum Gasteiger partial charge on any atom is 0.332 e. The number of benzene rings is 2. The Morgan fingerprint density at radius 2 is 1.97 bits per heavy atom. The average Bonchev–Trinajstić information content (AvgIpc) is 3.37. The van der Waals surface area contributed by atoms with Crippen LogP contribution in [0.2, 0.25) is 0 Å². The van der Waals surface area contributed by atoms with Crippen LogP contribution in [0.5, 0.6) is 5.75 Å². The van der Waals surface area contributed by atoms with Crippen LogP contribution in [0.4, 0.5) is 4.79 Å². The number of hydrazine groups is 1. The first-order valence-corrected chi connectivity index (χ1v) is 10.3. The van der Waals surface area contributed by atoms with Crippen molar-refractivity contribution in [1.82, 2.24) is 20.7 Å². The lowest BCUT2D eigenvalue weighted by atomic mass is 10.1. The first kappa shape index (κ1) is 20.3. The molecular formula is C22H24N4O3S. The molecule has 8 heteroatoms. The van der Waals surface area contributed by atoms with Gasteiger partial charge in [0.1, 0.15) is 18.2 Å². The van der Waals surface area contributed by atoms with Crippen LogP contribution in [0.1, 0.15) is 22.9 Å². The Hall–Kier alpha value is -2.97. The van der Waals surface area contributed by atoms with E-state index in [1.54, 1.807) is 18.2 Å². The monoisotopic (exact) mass is 424 g/mol. The second-order valence-electron chi connectivity index (χ2n) is 7.13. The second kappa shape index (κ2) is 9.23. The molecule has 2 unspecified atom stereocenters. The van der Waals surface area contributed by atoms with Crippen molar-refractivity contribution in [1.29, 1.82) is 0 Å². The molecule has 1 aliphatic heterocycles. The van der Waals surface area contributed by atoms with E-state index in [4.69, 9.17) is 9.15 Å². The Morgan fingerprint density at radius 1 is 1.20 bits per heavy atom. The number of hydrogen-bond acceptors (Lipinski definition) is 6. The van der Waals surface area contributed by atoms with E-state index < -0.39 is 0 Å². The number of rotatable bonds is 8. The third kappa shape index (κ3) is 4.77. The Balaban J connectivity index is 1.26. The van der Waals surface area contributed by atoms with E-state index in [0.717, 1.165) is 22.6 Å². The number of carbonyl (C=O) groups is 1. The smallest absolute Gasteiger partial charge is 0.332 e. The topological polar surface area (TPSA) is 79.6 Å². The summed E-state index contributed by atoms with van der Waals surface area (Å²) >= 11 is 4.68. The lowest BCUT2D eigenvalue weighted by molar-refractivity contribution is 0.213. The summed E-state index contributed by atoms with van der Waals surface area (Å²) < 4.78 is 11.4. The molecule has 7 nitrogen and oxygen atoms in total. The summed E-state index contributed by atoms with van der Waals surface area (Å²) in [6, 6.07) is 17.6. The molecule has 2 amide bonds. The highest BCUT2D eigenvalue weighted by Gasteiger charge is 2.28.